The Bertz CT molecular complexity index is 3710. The van der Waals surface area contributed by atoms with Crippen LogP contribution in [-0.4, -0.2) is 81.1 Å². The maximum atomic E-state index is 13.1. The van der Waals surface area contributed by atoms with Crippen molar-refractivity contribution in [3.8, 4) is 46.0 Å². The highest BCUT2D eigenvalue weighted by atomic mass is 32.2. The number of rotatable bonds is 16. The van der Waals surface area contributed by atoms with Crippen molar-refractivity contribution in [3.63, 3.8) is 0 Å². The van der Waals surface area contributed by atoms with Crippen LogP contribution in [-0.2, 0) is 29.3 Å². The molecule has 4 amide bonds. The number of methoxy groups -OCH3 is 4. The zero-order valence-electron chi connectivity index (χ0n) is 43.7. The minimum absolute atomic E-state index is 0.0352. The quantitative estimate of drug-likeness (QED) is 0.0198. The number of phenolic OH excluding ortho intramolecular Hbond substituents is 1. The van der Waals surface area contributed by atoms with Crippen molar-refractivity contribution in [1.29, 1.82) is 0 Å². The van der Waals surface area contributed by atoms with Crippen molar-refractivity contribution in [1.82, 2.24) is 9.97 Å². The molecular formula is C57H49F5N6O13S. The van der Waals surface area contributed by atoms with E-state index in [0.717, 1.165) is 17.6 Å². The molecule has 2 aliphatic rings. The van der Waals surface area contributed by atoms with E-state index in [2.05, 4.69) is 35.4 Å². The van der Waals surface area contributed by atoms with Crippen LogP contribution in [0.4, 0.5) is 44.7 Å². The zero-order chi connectivity index (χ0) is 59.0. The third-order valence-corrected chi connectivity index (χ3v) is 13.8. The smallest absolute Gasteiger partial charge is 0.508 e. The number of hydrogen-bond donors (Lipinski definition) is 5. The lowest BCUT2D eigenvalue weighted by Crippen LogP contribution is -2.35. The first kappa shape index (κ1) is 58.4. The molecule has 0 aliphatic heterocycles. The van der Waals surface area contributed by atoms with Crippen LogP contribution in [0.1, 0.15) is 25.7 Å². The molecule has 0 radical (unpaired) electrons. The van der Waals surface area contributed by atoms with Crippen molar-refractivity contribution >= 4 is 78.3 Å². The largest absolute Gasteiger partial charge is 0.534 e. The van der Waals surface area contributed by atoms with Crippen LogP contribution in [0.3, 0.4) is 0 Å². The number of aromatic hydroxyl groups is 1. The monoisotopic (exact) mass is 1150 g/mol. The summed E-state index contributed by atoms with van der Waals surface area (Å²) in [6.07, 6.45) is 4.57. The van der Waals surface area contributed by atoms with E-state index in [4.69, 9.17) is 23.7 Å². The number of carbonyl (C=O) groups is 4. The molecule has 0 spiro atoms. The van der Waals surface area contributed by atoms with Crippen molar-refractivity contribution in [2.45, 2.75) is 31.2 Å². The molecule has 10 rings (SSSR count). The number of amides is 4. The fraction of sp³-hybridized carbons (Fsp3) is 0.193. The first-order valence-corrected chi connectivity index (χ1v) is 25.9. The minimum Gasteiger partial charge on any atom is -0.508 e. The fourth-order valence-corrected chi connectivity index (χ4v) is 8.41. The summed E-state index contributed by atoms with van der Waals surface area (Å²) >= 11 is 0. The van der Waals surface area contributed by atoms with Crippen molar-refractivity contribution in [2.24, 2.45) is 10.8 Å². The molecule has 0 atom stereocenters. The number of alkyl halides is 3. The Labute approximate surface area is 464 Å². The van der Waals surface area contributed by atoms with Gasteiger partial charge in [0.2, 0.25) is 23.6 Å². The third-order valence-electron chi connectivity index (χ3n) is 12.8. The van der Waals surface area contributed by atoms with E-state index in [9.17, 15) is 54.7 Å². The predicted molar refractivity (Wildman–Crippen MR) is 291 cm³/mol. The molecule has 5 N–H and O–H groups in total. The lowest BCUT2D eigenvalue weighted by Gasteiger charge is -2.16. The molecule has 0 saturated heterocycles. The van der Waals surface area contributed by atoms with Gasteiger partial charge in [-0.3, -0.25) is 29.1 Å². The number of carbonyl (C=O) groups excluding carboxylic acids is 4. The molecule has 2 aromatic heterocycles. The number of nitrogens with one attached hydrogen (secondary N) is 4. The third kappa shape index (κ3) is 13.4. The molecule has 2 saturated carbocycles. The van der Waals surface area contributed by atoms with Gasteiger partial charge in [0.15, 0.2) is 28.7 Å². The first-order chi connectivity index (χ1) is 39.1. The van der Waals surface area contributed by atoms with Crippen LogP contribution < -0.4 is 49.1 Å². The summed E-state index contributed by atoms with van der Waals surface area (Å²) in [5.41, 5.74) is -4.96. The Morgan fingerprint density at radius 1 is 0.488 bits per heavy atom. The Morgan fingerprint density at radius 2 is 0.817 bits per heavy atom. The lowest BCUT2D eigenvalue weighted by atomic mass is 10.0. The van der Waals surface area contributed by atoms with Crippen LogP contribution in [0, 0.1) is 22.5 Å². The molecule has 6 aromatic carbocycles. The molecule has 2 fully saturated rings. The average Bonchev–Trinajstić information content (AvgIpc) is 3.50. The highest BCUT2D eigenvalue weighted by molar-refractivity contribution is 7.88. The van der Waals surface area contributed by atoms with Crippen molar-refractivity contribution in [2.75, 3.05) is 49.7 Å². The summed E-state index contributed by atoms with van der Waals surface area (Å²) in [5.74, 6) is -0.0542. The number of anilines is 4. The Hall–Kier alpha value is -9.78. The van der Waals surface area contributed by atoms with Crippen LogP contribution >= 0.6 is 0 Å². The SMILES string of the molecule is COc1cc2nccc(OS(=O)(=O)C(F)(F)F)c2cc1OC.COc1cc2nccc(Oc3ccc(NC(=O)C4(C(=O)Nc5ccc(F)cc5)CC4)cc3)c2cc1OC.O=C(Nc1ccc(O)cc1)C1(C(=O)Nc2ccc(F)cc2)CC1. The van der Waals surface area contributed by atoms with E-state index in [1.807, 2.05) is 0 Å². The molecule has 0 bridgehead atoms. The van der Waals surface area contributed by atoms with Gasteiger partial charge in [-0.2, -0.15) is 21.6 Å². The topological polar surface area (TPSA) is 252 Å². The summed E-state index contributed by atoms with van der Waals surface area (Å²) in [4.78, 5) is 58.7. The summed E-state index contributed by atoms with van der Waals surface area (Å²) in [7, 11) is 0.0464. The lowest BCUT2D eigenvalue weighted by molar-refractivity contribution is -0.132. The standard InChI is InChI=1S/C28H24FN3O5.C17H15FN2O3.C12H10F3NO5S/c1-35-24-15-21-22(16-25(24)36-2)30-14-11-23(21)37-20-9-7-19(8-10-20)32-27(34)28(12-13-28)26(33)31-18-5-3-17(29)4-6-18;18-11-1-3-12(4-2-11)19-15(22)17(9-10-17)16(23)20-13-5-7-14(21)8-6-13;1-19-10-5-7-8(6-11(10)20-2)16-4-3-9(7)21-22(17,18)12(13,14)15/h3-11,14-16H,12-13H2,1-2H3,(H,31,33)(H,32,34);1-8,21H,9-10H2,(H,19,22)(H,20,23);3-6H,1-2H3. The van der Waals surface area contributed by atoms with Gasteiger partial charge in [0.25, 0.3) is 0 Å². The van der Waals surface area contributed by atoms with E-state index < -0.39 is 55.7 Å². The number of pyridine rings is 2. The second-order valence-electron chi connectivity index (χ2n) is 18.2. The molecule has 2 heterocycles. The molecule has 8 aromatic rings. The Balaban J connectivity index is 0.000000170. The van der Waals surface area contributed by atoms with Crippen LogP contribution in [0.15, 0.2) is 146 Å². The number of hydrogen-bond acceptors (Lipinski definition) is 15. The fourth-order valence-electron chi connectivity index (χ4n) is 7.93. The number of aromatic nitrogens is 2. The van der Waals surface area contributed by atoms with Gasteiger partial charge >= 0.3 is 15.6 Å². The summed E-state index contributed by atoms with van der Waals surface area (Å²) in [6.45, 7) is 0. The summed E-state index contributed by atoms with van der Waals surface area (Å²) in [5, 5.41) is 20.8. The van der Waals surface area contributed by atoms with Gasteiger partial charge in [-0.15, -0.1) is 0 Å². The van der Waals surface area contributed by atoms with Crippen molar-refractivity contribution in [3.05, 3.63) is 157 Å². The molecular weight excluding hydrogens is 1100 g/mol. The van der Waals surface area contributed by atoms with Gasteiger partial charge < -0.3 is 54.2 Å². The second-order valence-corrected chi connectivity index (χ2v) is 19.8. The van der Waals surface area contributed by atoms with Gasteiger partial charge in [0, 0.05) is 64.1 Å². The highest BCUT2D eigenvalue weighted by Gasteiger charge is 2.57. The molecule has 82 heavy (non-hydrogen) atoms. The van der Waals surface area contributed by atoms with E-state index in [0.29, 0.717) is 82.7 Å². The van der Waals surface area contributed by atoms with Crippen LogP contribution in [0.25, 0.3) is 21.8 Å². The van der Waals surface area contributed by atoms with E-state index in [1.165, 1.54) is 87.0 Å². The number of benzene rings is 6. The number of nitrogens with zero attached hydrogens (tertiary/aromatic N) is 2. The molecule has 19 nitrogen and oxygen atoms in total. The van der Waals surface area contributed by atoms with E-state index in [1.54, 1.807) is 75.0 Å². The van der Waals surface area contributed by atoms with E-state index >= 15 is 0 Å². The minimum atomic E-state index is -5.78. The first-order valence-electron chi connectivity index (χ1n) is 24.5. The number of phenols is 1. The van der Waals surface area contributed by atoms with Crippen LogP contribution in [0.2, 0.25) is 0 Å². The maximum absolute atomic E-state index is 13.1. The molecule has 426 valence electrons. The Morgan fingerprint density at radius 3 is 1.17 bits per heavy atom. The highest BCUT2D eigenvalue weighted by Crippen LogP contribution is 2.49. The number of halogens is 5. The van der Waals surface area contributed by atoms with E-state index in [-0.39, 0.29) is 34.2 Å². The number of ether oxygens (including phenoxy) is 5. The second kappa shape index (κ2) is 24.3. The van der Waals surface area contributed by atoms with Crippen molar-refractivity contribution < 1.29 is 82.5 Å². The normalized spacial score (nSPS) is 13.5. The Kier molecular flexibility index (Phi) is 17.3. The predicted octanol–water partition coefficient (Wildman–Crippen LogP) is 10.9. The molecule has 0 unspecified atom stereocenters. The number of fused-ring (bicyclic) bond motifs is 2. The van der Waals surface area contributed by atoms with Gasteiger partial charge in [-0.1, -0.05) is 0 Å². The molecule has 2 aliphatic carbocycles. The van der Waals surface area contributed by atoms with Gasteiger partial charge in [-0.25, -0.2) is 8.78 Å². The molecule has 25 heteroatoms. The van der Waals surface area contributed by atoms with Gasteiger partial charge in [-0.05, 0) is 141 Å². The van der Waals surface area contributed by atoms with Gasteiger partial charge in [0.1, 0.15) is 39.7 Å². The zero-order valence-corrected chi connectivity index (χ0v) is 44.5. The van der Waals surface area contributed by atoms with Gasteiger partial charge in [0.05, 0.1) is 39.5 Å². The average molecular weight is 1150 g/mol. The maximum Gasteiger partial charge on any atom is 0.534 e. The summed E-state index contributed by atoms with van der Waals surface area (Å²) < 4.78 is 116. The van der Waals surface area contributed by atoms with Crippen LogP contribution in [0.5, 0.6) is 46.0 Å². The summed E-state index contributed by atoms with van der Waals surface area (Å²) in [6, 6.07) is 32.7.